The number of ether oxygens (including phenoxy) is 1. The molecule has 5 heteroatoms. The Morgan fingerprint density at radius 2 is 2.41 bits per heavy atom. The molecule has 5 nitrogen and oxygen atoms in total. The van der Waals surface area contributed by atoms with Gasteiger partial charge in [-0.1, -0.05) is 0 Å². The maximum atomic E-state index is 6.04. The monoisotopic (exact) mass is 236 g/mol. The van der Waals surface area contributed by atoms with Crippen LogP contribution in [0.2, 0.25) is 0 Å². The molecule has 0 amide bonds. The van der Waals surface area contributed by atoms with Crippen molar-refractivity contribution in [2.75, 3.05) is 25.4 Å². The molecule has 0 radical (unpaired) electrons. The van der Waals surface area contributed by atoms with Crippen molar-refractivity contribution in [1.82, 2.24) is 14.7 Å². The van der Waals surface area contributed by atoms with Crippen LogP contribution in [-0.2, 0) is 24.8 Å². The molecule has 1 unspecified atom stereocenters. The number of fused-ring (bicyclic) bond motifs is 1. The zero-order valence-corrected chi connectivity index (χ0v) is 10.4. The number of nitrogens with zero attached hydrogens (tertiary/aromatic N) is 3. The number of rotatable bonds is 2. The minimum Gasteiger partial charge on any atom is -0.384 e. The lowest BCUT2D eigenvalue weighted by atomic mass is 10.1. The molecular formula is C12H20N4O. The van der Waals surface area contributed by atoms with E-state index in [1.165, 1.54) is 24.1 Å². The van der Waals surface area contributed by atoms with Gasteiger partial charge in [0, 0.05) is 45.3 Å². The lowest BCUT2D eigenvalue weighted by Gasteiger charge is -2.28. The number of anilines is 1. The Labute approximate surface area is 102 Å². The summed E-state index contributed by atoms with van der Waals surface area (Å²) >= 11 is 0. The molecule has 0 saturated carbocycles. The van der Waals surface area contributed by atoms with Crippen molar-refractivity contribution < 1.29 is 4.74 Å². The summed E-state index contributed by atoms with van der Waals surface area (Å²) in [5.74, 6) is 0.817. The topological polar surface area (TPSA) is 56.3 Å². The number of hydrogen-bond donors (Lipinski definition) is 1. The van der Waals surface area contributed by atoms with E-state index in [-0.39, 0.29) is 0 Å². The SMILES string of the molecule is Cn1nc2c(c1N)CN(CC1CCCO1)CC2. The van der Waals surface area contributed by atoms with Crippen LogP contribution < -0.4 is 5.73 Å². The van der Waals surface area contributed by atoms with E-state index in [0.29, 0.717) is 6.10 Å². The molecule has 94 valence electrons. The van der Waals surface area contributed by atoms with E-state index < -0.39 is 0 Å². The van der Waals surface area contributed by atoms with Gasteiger partial charge in [0.05, 0.1) is 11.8 Å². The maximum absolute atomic E-state index is 6.04. The number of hydrogen-bond acceptors (Lipinski definition) is 4. The van der Waals surface area contributed by atoms with Gasteiger partial charge in [0.1, 0.15) is 5.82 Å². The summed E-state index contributed by atoms with van der Waals surface area (Å²) in [5, 5.41) is 4.45. The Bertz CT molecular complexity index is 409. The molecule has 1 fully saturated rings. The Morgan fingerprint density at radius 1 is 1.53 bits per heavy atom. The summed E-state index contributed by atoms with van der Waals surface area (Å²) in [5.41, 5.74) is 8.43. The summed E-state index contributed by atoms with van der Waals surface area (Å²) < 4.78 is 7.48. The van der Waals surface area contributed by atoms with Crippen molar-refractivity contribution in [3.63, 3.8) is 0 Å². The van der Waals surface area contributed by atoms with Crippen LogP contribution in [0.3, 0.4) is 0 Å². The molecule has 1 aromatic rings. The predicted octanol–water partition coefficient (Wildman–Crippen LogP) is 0.539. The summed E-state index contributed by atoms with van der Waals surface area (Å²) in [4.78, 5) is 2.44. The highest BCUT2D eigenvalue weighted by molar-refractivity contribution is 5.44. The zero-order chi connectivity index (χ0) is 11.8. The molecule has 3 rings (SSSR count). The highest BCUT2D eigenvalue weighted by atomic mass is 16.5. The van der Waals surface area contributed by atoms with Crippen LogP contribution in [0.1, 0.15) is 24.1 Å². The van der Waals surface area contributed by atoms with E-state index in [1.54, 1.807) is 4.68 Å². The third-order valence-electron chi connectivity index (χ3n) is 3.81. The molecule has 0 bridgehead atoms. The predicted molar refractivity (Wildman–Crippen MR) is 65.6 cm³/mol. The Morgan fingerprint density at radius 3 is 3.18 bits per heavy atom. The first-order chi connectivity index (χ1) is 8.24. The Hall–Kier alpha value is -1.07. The fraction of sp³-hybridized carbons (Fsp3) is 0.750. The van der Waals surface area contributed by atoms with Crippen LogP contribution in [0.15, 0.2) is 0 Å². The second-order valence-electron chi connectivity index (χ2n) is 5.05. The van der Waals surface area contributed by atoms with Crippen LogP contribution >= 0.6 is 0 Å². The number of nitrogen functional groups attached to an aromatic ring is 1. The van der Waals surface area contributed by atoms with Gasteiger partial charge >= 0.3 is 0 Å². The summed E-state index contributed by atoms with van der Waals surface area (Å²) in [6, 6.07) is 0. The Balaban J connectivity index is 1.69. The largest absolute Gasteiger partial charge is 0.384 e. The number of aryl methyl sites for hydroxylation is 1. The normalized spacial score (nSPS) is 25.1. The quantitative estimate of drug-likeness (QED) is 0.814. The fourth-order valence-corrected chi connectivity index (χ4v) is 2.81. The first-order valence-corrected chi connectivity index (χ1v) is 6.38. The third-order valence-corrected chi connectivity index (χ3v) is 3.81. The zero-order valence-electron chi connectivity index (χ0n) is 10.4. The van der Waals surface area contributed by atoms with Crippen LogP contribution in [0.5, 0.6) is 0 Å². The van der Waals surface area contributed by atoms with E-state index in [0.717, 1.165) is 38.5 Å². The summed E-state index contributed by atoms with van der Waals surface area (Å²) in [6.07, 6.45) is 3.84. The van der Waals surface area contributed by atoms with Gasteiger partial charge in [-0.25, -0.2) is 0 Å². The van der Waals surface area contributed by atoms with Gasteiger partial charge in [0.15, 0.2) is 0 Å². The minimum atomic E-state index is 0.425. The minimum absolute atomic E-state index is 0.425. The molecule has 2 N–H and O–H groups in total. The molecular weight excluding hydrogens is 216 g/mol. The van der Waals surface area contributed by atoms with E-state index in [2.05, 4.69) is 10.00 Å². The van der Waals surface area contributed by atoms with Gasteiger partial charge < -0.3 is 10.5 Å². The lowest BCUT2D eigenvalue weighted by Crippen LogP contribution is -2.36. The van der Waals surface area contributed by atoms with Gasteiger partial charge in [-0.3, -0.25) is 9.58 Å². The maximum Gasteiger partial charge on any atom is 0.126 e. The van der Waals surface area contributed by atoms with Crippen LogP contribution in [0.25, 0.3) is 0 Å². The van der Waals surface area contributed by atoms with E-state index in [9.17, 15) is 0 Å². The second kappa shape index (κ2) is 4.31. The number of nitrogens with two attached hydrogens (primary N) is 1. The van der Waals surface area contributed by atoms with Crippen LogP contribution in [0.4, 0.5) is 5.82 Å². The smallest absolute Gasteiger partial charge is 0.126 e. The standard InChI is InChI=1S/C12H20N4O/c1-15-12(13)10-8-16(5-4-11(10)14-15)7-9-3-2-6-17-9/h9H,2-8,13H2,1H3. The Kier molecular flexibility index (Phi) is 2.80. The van der Waals surface area contributed by atoms with Crippen LogP contribution in [-0.4, -0.2) is 40.5 Å². The van der Waals surface area contributed by atoms with Crippen molar-refractivity contribution in [2.45, 2.75) is 31.9 Å². The van der Waals surface area contributed by atoms with Crippen molar-refractivity contribution in [3.05, 3.63) is 11.3 Å². The molecule has 1 aromatic heterocycles. The molecule has 3 heterocycles. The molecule has 1 saturated heterocycles. The average molecular weight is 236 g/mol. The highest BCUT2D eigenvalue weighted by Gasteiger charge is 2.25. The van der Waals surface area contributed by atoms with E-state index in [4.69, 9.17) is 10.5 Å². The van der Waals surface area contributed by atoms with Gasteiger partial charge in [0.25, 0.3) is 0 Å². The second-order valence-corrected chi connectivity index (χ2v) is 5.05. The number of aromatic nitrogens is 2. The average Bonchev–Trinajstić information content (AvgIpc) is 2.91. The van der Waals surface area contributed by atoms with Crippen molar-refractivity contribution in [3.8, 4) is 0 Å². The van der Waals surface area contributed by atoms with Gasteiger partial charge in [0.2, 0.25) is 0 Å². The van der Waals surface area contributed by atoms with Crippen LogP contribution in [0, 0.1) is 0 Å². The highest BCUT2D eigenvalue weighted by Crippen LogP contribution is 2.24. The molecule has 2 aliphatic heterocycles. The van der Waals surface area contributed by atoms with Crippen molar-refractivity contribution in [2.24, 2.45) is 7.05 Å². The van der Waals surface area contributed by atoms with Gasteiger partial charge in [-0.05, 0) is 12.8 Å². The van der Waals surface area contributed by atoms with E-state index in [1.807, 2.05) is 7.05 Å². The molecule has 0 spiro atoms. The molecule has 0 aliphatic carbocycles. The summed E-state index contributed by atoms with van der Waals surface area (Å²) in [7, 11) is 1.91. The van der Waals surface area contributed by atoms with Crippen molar-refractivity contribution >= 4 is 5.82 Å². The third kappa shape index (κ3) is 2.05. The first kappa shape index (κ1) is 11.0. The summed E-state index contributed by atoms with van der Waals surface area (Å²) in [6.45, 7) is 3.96. The first-order valence-electron chi connectivity index (χ1n) is 6.38. The molecule has 1 atom stereocenters. The van der Waals surface area contributed by atoms with Gasteiger partial charge in [-0.15, -0.1) is 0 Å². The molecule has 17 heavy (non-hydrogen) atoms. The van der Waals surface area contributed by atoms with Crippen molar-refractivity contribution in [1.29, 1.82) is 0 Å². The molecule has 0 aromatic carbocycles. The van der Waals surface area contributed by atoms with Gasteiger partial charge in [-0.2, -0.15) is 5.10 Å². The lowest BCUT2D eigenvalue weighted by molar-refractivity contribution is 0.0688. The fourth-order valence-electron chi connectivity index (χ4n) is 2.81. The van der Waals surface area contributed by atoms with E-state index >= 15 is 0 Å². The molecule has 2 aliphatic rings.